The molecule has 6 heteroatoms. The van der Waals surface area contributed by atoms with Crippen LogP contribution in [0.3, 0.4) is 0 Å². The second-order valence-corrected chi connectivity index (χ2v) is 4.65. The van der Waals surface area contributed by atoms with Crippen LogP contribution < -0.4 is 0 Å². The highest BCUT2D eigenvalue weighted by Crippen LogP contribution is 1.99. The molecule has 0 amide bonds. The second kappa shape index (κ2) is 4.98. The van der Waals surface area contributed by atoms with Gasteiger partial charge in [0.2, 0.25) is 10.0 Å². The van der Waals surface area contributed by atoms with E-state index in [1.165, 1.54) is 13.1 Å². The maximum absolute atomic E-state index is 11.2. The molecule has 76 valence electrons. The number of rotatable bonds is 6. The summed E-state index contributed by atoms with van der Waals surface area (Å²) in [5.41, 5.74) is 0. The van der Waals surface area contributed by atoms with E-state index in [4.69, 9.17) is 5.11 Å². The molecule has 0 aromatic heterocycles. The summed E-state index contributed by atoms with van der Waals surface area (Å²) in [4.78, 5) is 10.1. The molecule has 0 radical (unpaired) electrons. The van der Waals surface area contributed by atoms with E-state index in [0.717, 1.165) is 4.31 Å². The minimum Gasteiger partial charge on any atom is -0.481 e. The fraction of sp³-hybridized carbons (Fsp3) is 0.571. The van der Waals surface area contributed by atoms with Crippen molar-refractivity contribution in [3.63, 3.8) is 0 Å². The van der Waals surface area contributed by atoms with Crippen molar-refractivity contribution in [3.8, 4) is 0 Å². The molecule has 1 N–H and O–H groups in total. The lowest BCUT2D eigenvalue weighted by Crippen LogP contribution is -2.30. The Morgan fingerprint density at radius 3 is 2.54 bits per heavy atom. The Hall–Kier alpha value is -0.880. The molecular weight excluding hydrogens is 194 g/mol. The monoisotopic (exact) mass is 207 g/mol. The van der Waals surface area contributed by atoms with Crippen molar-refractivity contribution in [1.82, 2.24) is 4.31 Å². The van der Waals surface area contributed by atoms with E-state index in [2.05, 4.69) is 6.58 Å². The highest BCUT2D eigenvalue weighted by Gasteiger charge is 2.16. The molecule has 5 nitrogen and oxygen atoms in total. The third-order valence-corrected chi connectivity index (χ3v) is 3.23. The SMILES string of the molecule is C=CCS(=O)(=O)N(C)CCC(=O)O. The number of carbonyl (C=O) groups is 1. The van der Waals surface area contributed by atoms with Gasteiger partial charge in [0, 0.05) is 13.6 Å². The van der Waals surface area contributed by atoms with Crippen LogP contribution in [0.1, 0.15) is 6.42 Å². The first-order valence-corrected chi connectivity index (χ1v) is 5.27. The Bertz CT molecular complexity index is 283. The zero-order chi connectivity index (χ0) is 10.5. The number of sulfonamides is 1. The number of hydrogen-bond donors (Lipinski definition) is 1. The molecule has 0 saturated carbocycles. The van der Waals surface area contributed by atoms with Gasteiger partial charge in [0.1, 0.15) is 0 Å². The number of carboxylic acid groups (broad SMARTS) is 1. The highest BCUT2D eigenvalue weighted by molar-refractivity contribution is 7.89. The van der Waals surface area contributed by atoms with Gasteiger partial charge in [-0.15, -0.1) is 6.58 Å². The van der Waals surface area contributed by atoms with Gasteiger partial charge in [-0.05, 0) is 0 Å². The normalized spacial score (nSPS) is 11.5. The molecular formula is C7H13NO4S. The maximum Gasteiger partial charge on any atom is 0.304 e. The van der Waals surface area contributed by atoms with Gasteiger partial charge in [-0.25, -0.2) is 12.7 Å². The van der Waals surface area contributed by atoms with Crippen molar-refractivity contribution >= 4 is 16.0 Å². The van der Waals surface area contributed by atoms with Gasteiger partial charge in [-0.3, -0.25) is 4.79 Å². The van der Waals surface area contributed by atoms with Crippen LogP contribution in [0.2, 0.25) is 0 Å². The van der Waals surface area contributed by atoms with E-state index in [1.54, 1.807) is 0 Å². The summed E-state index contributed by atoms with van der Waals surface area (Å²) in [6, 6.07) is 0. The van der Waals surface area contributed by atoms with Gasteiger partial charge < -0.3 is 5.11 Å². The molecule has 13 heavy (non-hydrogen) atoms. The molecule has 0 atom stereocenters. The largest absolute Gasteiger partial charge is 0.481 e. The second-order valence-electron chi connectivity index (χ2n) is 2.53. The van der Waals surface area contributed by atoms with E-state index < -0.39 is 16.0 Å². The smallest absolute Gasteiger partial charge is 0.304 e. The topological polar surface area (TPSA) is 74.7 Å². The Morgan fingerprint density at radius 1 is 1.62 bits per heavy atom. The highest BCUT2D eigenvalue weighted by atomic mass is 32.2. The van der Waals surface area contributed by atoms with E-state index in [0.29, 0.717) is 0 Å². The number of carboxylic acids is 1. The number of nitrogens with zero attached hydrogens (tertiary/aromatic N) is 1. The molecule has 0 bridgehead atoms. The summed E-state index contributed by atoms with van der Waals surface area (Å²) in [7, 11) is -2.01. The lowest BCUT2D eigenvalue weighted by molar-refractivity contribution is -0.137. The van der Waals surface area contributed by atoms with Crippen LogP contribution in [0.5, 0.6) is 0 Å². The molecule has 0 rings (SSSR count). The number of hydrogen-bond acceptors (Lipinski definition) is 3. The van der Waals surface area contributed by atoms with Gasteiger partial charge in [0.25, 0.3) is 0 Å². The molecule has 0 unspecified atom stereocenters. The van der Waals surface area contributed by atoms with Gasteiger partial charge in [-0.1, -0.05) is 6.08 Å². The first kappa shape index (κ1) is 12.1. The minimum atomic E-state index is -3.35. The predicted molar refractivity (Wildman–Crippen MR) is 48.9 cm³/mol. The predicted octanol–water partition coefficient (Wildman–Crippen LogP) is -0.0913. The van der Waals surface area contributed by atoms with Crippen molar-refractivity contribution in [1.29, 1.82) is 0 Å². The van der Waals surface area contributed by atoms with Crippen molar-refractivity contribution in [2.45, 2.75) is 6.42 Å². The van der Waals surface area contributed by atoms with Crippen LogP contribution in [0.15, 0.2) is 12.7 Å². The van der Waals surface area contributed by atoms with Gasteiger partial charge in [0.05, 0.1) is 12.2 Å². The van der Waals surface area contributed by atoms with Crippen LogP contribution in [0.4, 0.5) is 0 Å². The van der Waals surface area contributed by atoms with Crippen LogP contribution in [-0.2, 0) is 14.8 Å². The molecule has 0 aliphatic rings. The molecule has 0 aromatic carbocycles. The molecule has 0 heterocycles. The fourth-order valence-corrected chi connectivity index (χ4v) is 1.59. The molecule has 0 aliphatic heterocycles. The van der Waals surface area contributed by atoms with Crippen molar-refractivity contribution in [2.24, 2.45) is 0 Å². The minimum absolute atomic E-state index is 0.00843. The molecule has 0 fully saturated rings. The average molecular weight is 207 g/mol. The van der Waals surface area contributed by atoms with Gasteiger partial charge in [-0.2, -0.15) is 0 Å². The van der Waals surface area contributed by atoms with Crippen molar-refractivity contribution < 1.29 is 18.3 Å². The standard InChI is InChI=1S/C7H13NO4S/c1-3-6-13(11,12)8(2)5-4-7(9)10/h3H,1,4-6H2,2H3,(H,9,10). The Kier molecular flexibility index (Phi) is 4.64. The summed E-state index contributed by atoms with van der Waals surface area (Å²) in [6.45, 7) is 3.29. The Morgan fingerprint density at radius 2 is 2.15 bits per heavy atom. The summed E-state index contributed by atoms with van der Waals surface area (Å²) in [5.74, 6) is -1.18. The van der Waals surface area contributed by atoms with Crippen LogP contribution in [0, 0.1) is 0 Å². The average Bonchev–Trinajstić information content (AvgIpc) is 1.99. The molecule has 0 aliphatic carbocycles. The summed E-state index contributed by atoms with van der Waals surface area (Å²) in [5, 5.41) is 8.32. The molecule has 0 aromatic rings. The lowest BCUT2D eigenvalue weighted by Gasteiger charge is -2.14. The van der Waals surface area contributed by atoms with E-state index in [1.807, 2.05) is 0 Å². The summed E-state index contributed by atoms with van der Waals surface area (Å²) < 4.78 is 23.4. The molecule has 0 saturated heterocycles. The third-order valence-electron chi connectivity index (χ3n) is 1.44. The summed E-state index contributed by atoms with van der Waals surface area (Å²) in [6.07, 6.45) is 1.08. The van der Waals surface area contributed by atoms with Crippen molar-refractivity contribution in [3.05, 3.63) is 12.7 Å². The van der Waals surface area contributed by atoms with Gasteiger partial charge >= 0.3 is 5.97 Å². The van der Waals surface area contributed by atoms with Crippen molar-refractivity contribution in [2.75, 3.05) is 19.3 Å². The van der Waals surface area contributed by atoms with Gasteiger partial charge in [0.15, 0.2) is 0 Å². The Labute approximate surface area is 77.7 Å². The molecule has 0 spiro atoms. The fourth-order valence-electron chi connectivity index (χ4n) is 0.668. The van der Waals surface area contributed by atoms with Crippen LogP contribution >= 0.6 is 0 Å². The first-order chi connectivity index (χ1) is 5.90. The van der Waals surface area contributed by atoms with Crippen LogP contribution in [0.25, 0.3) is 0 Å². The zero-order valence-electron chi connectivity index (χ0n) is 7.43. The van der Waals surface area contributed by atoms with E-state index >= 15 is 0 Å². The zero-order valence-corrected chi connectivity index (χ0v) is 8.25. The quantitative estimate of drug-likeness (QED) is 0.618. The first-order valence-electron chi connectivity index (χ1n) is 3.67. The maximum atomic E-state index is 11.2. The van der Waals surface area contributed by atoms with E-state index in [-0.39, 0.29) is 18.7 Å². The van der Waals surface area contributed by atoms with Crippen LogP contribution in [-0.4, -0.2) is 43.1 Å². The van der Waals surface area contributed by atoms with E-state index in [9.17, 15) is 13.2 Å². The summed E-state index contributed by atoms with van der Waals surface area (Å²) >= 11 is 0. The lowest BCUT2D eigenvalue weighted by atomic mass is 10.4. The third kappa shape index (κ3) is 4.64. The Balaban J connectivity index is 4.17. The number of aliphatic carboxylic acids is 1.